The summed E-state index contributed by atoms with van der Waals surface area (Å²) in [6.45, 7) is 10.1. The molecule has 3 aliphatic heterocycles. The van der Waals surface area contributed by atoms with Crippen molar-refractivity contribution in [3.05, 3.63) is 29.8 Å². The lowest BCUT2D eigenvalue weighted by molar-refractivity contribution is -0.142. The number of fused-ring (bicyclic) bond motifs is 1. The van der Waals surface area contributed by atoms with Crippen molar-refractivity contribution in [1.29, 1.82) is 0 Å². The van der Waals surface area contributed by atoms with Crippen LogP contribution in [0.3, 0.4) is 0 Å². The van der Waals surface area contributed by atoms with Gasteiger partial charge >= 0.3 is 0 Å². The Kier molecular flexibility index (Phi) is 7.83. The molecule has 9 heteroatoms. The lowest BCUT2D eigenvalue weighted by Crippen LogP contribution is -2.60. The maximum atomic E-state index is 13.9. The molecule has 37 heavy (non-hydrogen) atoms. The molecule has 1 aromatic rings. The first kappa shape index (κ1) is 26.1. The number of likely N-dealkylation sites (tertiary alicyclic amines) is 1. The van der Waals surface area contributed by atoms with Crippen LogP contribution in [0.15, 0.2) is 24.3 Å². The topological polar surface area (TPSA) is 91.4 Å². The maximum absolute atomic E-state index is 13.9. The molecule has 9 nitrogen and oxygen atoms in total. The zero-order valence-corrected chi connectivity index (χ0v) is 22.1. The third kappa shape index (κ3) is 5.13. The molecule has 1 aliphatic carbocycles. The Hall–Kier alpha value is -2.49. The van der Waals surface area contributed by atoms with E-state index in [0.717, 1.165) is 51.3 Å². The van der Waals surface area contributed by atoms with Gasteiger partial charge in [-0.3, -0.25) is 19.3 Å². The van der Waals surface area contributed by atoms with E-state index >= 15 is 0 Å². The van der Waals surface area contributed by atoms with Crippen LogP contribution in [0.1, 0.15) is 56.3 Å². The number of ether oxygens (including phenoxy) is 2. The first-order valence-electron chi connectivity index (χ1n) is 13.9. The van der Waals surface area contributed by atoms with Crippen LogP contribution in [0, 0.1) is 0 Å². The van der Waals surface area contributed by atoms with Crippen LogP contribution in [-0.4, -0.2) is 104 Å². The second-order valence-corrected chi connectivity index (χ2v) is 10.8. The highest BCUT2D eigenvalue weighted by Crippen LogP contribution is 2.37. The van der Waals surface area contributed by atoms with Gasteiger partial charge in [0.15, 0.2) is 5.78 Å². The number of ketones is 1. The Bertz CT molecular complexity index is 985. The molecule has 3 atom stereocenters. The van der Waals surface area contributed by atoms with E-state index in [0.29, 0.717) is 31.6 Å². The van der Waals surface area contributed by atoms with Crippen LogP contribution in [0.25, 0.3) is 0 Å². The fraction of sp³-hybridized carbons (Fsp3) is 0.679. The van der Waals surface area contributed by atoms with E-state index in [4.69, 9.17) is 9.47 Å². The average Bonchev–Trinajstić information content (AvgIpc) is 3.63. The molecule has 1 saturated carbocycles. The standard InChI is InChI=1S/C28H40N4O5/c1-3-13-30-14-16-31(17-15-30)21-9-7-20(8-10-21)26(34)29-28(11-5-6-12-28)27(35)32-18-23(36-4-2)25-24(32)22(33)19-37-25/h7-10,23-25H,3-6,11-19H2,1-2H3,(H,29,34)/t23-,24+,25+/m0/s1. The van der Waals surface area contributed by atoms with Gasteiger partial charge in [-0.2, -0.15) is 0 Å². The smallest absolute Gasteiger partial charge is 0.252 e. The van der Waals surface area contributed by atoms with Gasteiger partial charge in [-0.25, -0.2) is 0 Å². The number of carbonyl (C=O) groups excluding carboxylic acids is 3. The van der Waals surface area contributed by atoms with Gasteiger partial charge in [-0.1, -0.05) is 19.8 Å². The van der Waals surface area contributed by atoms with Crippen molar-refractivity contribution in [2.75, 3.05) is 57.4 Å². The van der Waals surface area contributed by atoms with Gasteiger partial charge in [-0.05, 0) is 57.0 Å². The number of benzene rings is 1. The van der Waals surface area contributed by atoms with Gasteiger partial charge in [0.25, 0.3) is 5.91 Å². The van der Waals surface area contributed by atoms with Crippen LogP contribution >= 0.6 is 0 Å². The summed E-state index contributed by atoms with van der Waals surface area (Å²) in [4.78, 5) is 46.4. The SMILES string of the molecule is CCCN1CCN(c2ccc(C(=O)NC3(C(=O)N4C[C@H](OCC)[C@H]5OCC(=O)[C@H]54)CCCC3)cc2)CC1. The predicted octanol–water partition coefficient (Wildman–Crippen LogP) is 1.85. The molecule has 1 aromatic carbocycles. The number of nitrogens with one attached hydrogen (secondary N) is 1. The van der Waals surface area contributed by atoms with Crippen molar-refractivity contribution >= 4 is 23.3 Å². The number of hydrogen-bond acceptors (Lipinski definition) is 7. The molecule has 0 radical (unpaired) electrons. The van der Waals surface area contributed by atoms with E-state index in [1.165, 1.54) is 6.42 Å². The number of nitrogens with zero attached hydrogens (tertiary/aromatic N) is 3. The molecule has 5 rings (SSSR count). The number of carbonyl (C=O) groups is 3. The fourth-order valence-corrected chi connectivity index (χ4v) is 6.49. The van der Waals surface area contributed by atoms with Crippen LogP contribution in [0.5, 0.6) is 0 Å². The highest BCUT2D eigenvalue weighted by atomic mass is 16.6. The Labute approximate surface area is 219 Å². The molecular weight excluding hydrogens is 472 g/mol. The minimum atomic E-state index is -1.00. The van der Waals surface area contributed by atoms with Crippen molar-refractivity contribution in [2.24, 2.45) is 0 Å². The number of rotatable bonds is 8. The van der Waals surface area contributed by atoms with Crippen molar-refractivity contribution in [2.45, 2.75) is 69.7 Å². The van der Waals surface area contributed by atoms with Crippen molar-refractivity contribution in [3.8, 4) is 0 Å². The van der Waals surface area contributed by atoms with Gasteiger partial charge in [0.05, 0.1) is 6.54 Å². The molecule has 4 aliphatic rings. The summed E-state index contributed by atoms with van der Waals surface area (Å²) >= 11 is 0. The van der Waals surface area contributed by atoms with Crippen LogP contribution in [0.4, 0.5) is 5.69 Å². The summed E-state index contributed by atoms with van der Waals surface area (Å²) in [6, 6.07) is 7.07. The van der Waals surface area contributed by atoms with Crippen LogP contribution in [0.2, 0.25) is 0 Å². The first-order valence-corrected chi connectivity index (χ1v) is 13.9. The predicted molar refractivity (Wildman–Crippen MR) is 140 cm³/mol. The van der Waals surface area contributed by atoms with Crippen molar-refractivity contribution < 1.29 is 23.9 Å². The molecule has 3 heterocycles. The number of anilines is 1. The third-order valence-corrected chi connectivity index (χ3v) is 8.41. The highest BCUT2D eigenvalue weighted by molar-refractivity contribution is 6.01. The molecule has 1 N–H and O–H groups in total. The van der Waals surface area contributed by atoms with Crippen molar-refractivity contribution in [3.63, 3.8) is 0 Å². The summed E-state index contributed by atoms with van der Waals surface area (Å²) in [7, 11) is 0. The van der Waals surface area contributed by atoms with E-state index in [-0.39, 0.29) is 30.3 Å². The van der Waals surface area contributed by atoms with Crippen LogP contribution < -0.4 is 10.2 Å². The lowest BCUT2D eigenvalue weighted by atomic mass is 9.93. The monoisotopic (exact) mass is 512 g/mol. The van der Waals surface area contributed by atoms with Crippen molar-refractivity contribution in [1.82, 2.24) is 15.1 Å². The van der Waals surface area contributed by atoms with E-state index in [9.17, 15) is 14.4 Å². The quantitative estimate of drug-likeness (QED) is 0.568. The molecule has 0 bridgehead atoms. The number of hydrogen-bond donors (Lipinski definition) is 1. The summed E-state index contributed by atoms with van der Waals surface area (Å²) in [5.74, 6) is -0.525. The van der Waals surface area contributed by atoms with E-state index < -0.39 is 17.7 Å². The normalized spacial score (nSPS) is 27.5. The summed E-state index contributed by atoms with van der Waals surface area (Å²) in [6.07, 6.45) is 3.27. The summed E-state index contributed by atoms with van der Waals surface area (Å²) in [5.41, 5.74) is 0.656. The lowest BCUT2D eigenvalue weighted by Gasteiger charge is -2.36. The second kappa shape index (κ2) is 11.1. The minimum Gasteiger partial charge on any atom is -0.374 e. The molecular formula is C28H40N4O5. The summed E-state index contributed by atoms with van der Waals surface area (Å²) < 4.78 is 11.5. The van der Waals surface area contributed by atoms with Gasteiger partial charge in [0.1, 0.15) is 30.4 Å². The van der Waals surface area contributed by atoms with E-state index in [2.05, 4.69) is 22.0 Å². The number of Topliss-reactive ketones (excluding diaryl/α,β-unsaturated/α-hetero) is 1. The van der Waals surface area contributed by atoms with Crippen LogP contribution in [-0.2, 0) is 19.1 Å². The zero-order chi connectivity index (χ0) is 26.0. The molecule has 3 saturated heterocycles. The molecule has 4 fully saturated rings. The highest BCUT2D eigenvalue weighted by Gasteiger charge is 2.56. The fourth-order valence-electron chi connectivity index (χ4n) is 6.49. The molecule has 2 amide bonds. The Balaban J connectivity index is 1.27. The average molecular weight is 513 g/mol. The maximum Gasteiger partial charge on any atom is 0.252 e. The Morgan fingerprint density at radius 3 is 2.43 bits per heavy atom. The number of piperazine rings is 1. The van der Waals surface area contributed by atoms with Gasteiger partial charge in [-0.15, -0.1) is 0 Å². The Morgan fingerprint density at radius 1 is 1.08 bits per heavy atom. The molecule has 0 aromatic heterocycles. The zero-order valence-electron chi connectivity index (χ0n) is 22.1. The summed E-state index contributed by atoms with van der Waals surface area (Å²) in [5, 5.41) is 3.10. The molecule has 202 valence electrons. The largest absolute Gasteiger partial charge is 0.374 e. The number of amides is 2. The van der Waals surface area contributed by atoms with Gasteiger partial charge < -0.3 is 24.6 Å². The first-order chi connectivity index (χ1) is 18.0. The molecule has 0 spiro atoms. The minimum absolute atomic E-state index is 0.00203. The molecule has 0 unspecified atom stereocenters. The van der Waals surface area contributed by atoms with E-state index in [1.807, 2.05) is 31.2 Å². The second-order valence-electron chi connectivity index (χ2n) is 10.8. The van der Waals surface area contributed by atoms with Gasteiger partial charge in [0, 0.05) is 44.0 Å². The Morgan fingerprint density at radius 2 is 1.78 bits per heavy atom. The van der Waals surface area contributed by atoms with E-state index in [1.54, 1.807) is 4.90 Å². The third-order valence-electron chi connectivity index (χ3n) is 8.41. The van der Waals surface area contributed by atoms with Gasteiger partial charge in [0.2, 0.25) is 5.91 Å².